The molecule has 22 heavy (non-hydrogen) atoms. The van der Waals surface area contributed by atoms with E-state index in [4.69, 9.17) is 4.74 Å². The number of nitrogens with zero attached hydrogens (tertiary/aromatic N) is 3. The maximum Gasteiger partial charge on any atom is 0.134 e. The number of ether oxygens (including phenoxy) is 1. The molecule has 1 aromatic rings. The first-order valence-electron chi connectivity index (χ1n) is 8.38. The Balaban J connectivity index is 1.42. The lowest BCUT2D eigenvalue weighted by atomic mass is 10.2. The molecule has 1 unspecified atom stereocenters. The molecule has 1 aliphatic carbocycles. The molecular formula is C16H26N4O2. The van der Waals surface area contributed by atoms with E-state index in [1.807, 2.05) is 6.07 Å². The van der Waals surface area contributed by atoms with E-state index in [0.717, 1.165) is 63.1 Å². The fraction of sp³-hybridized carbons (Fsp3) is 0.750. The number of anilines is 2. The van der Waals surface area contributed by atoms with Crippen molar-refractivity contribution < 1.29 is 9.84 Å². The van der Waals surface area contributed by atoms with Crippen LogP contribution in [-0.2, 0) is 4.74 Å². The molecule has 6 heteroatoms. The Hall–Kier alpha value is -1.40. The average molecular weight is 306 g/mol. The Morgan fingerprint density at radius 2 is 2.23 bits per heavy atom. The van der Waals surface area contributed by atoms with Crippen molar-refractivity contribution in [3.8, 4) is 0 Å². The van der Waals surface area contributed by atoms with E-state index in [9.17, 15) is 5.11 Å². The zero-order chi connectivity index (χ0) is 15.2. The second kappa shape index (κ2) is 7.74. The molecule has 2 N–H and O–H groups in total. The minimum atomic E-state index is 0.186. The van der Waals surface area contributed by atoms with Crippen molar-refractivity contribution in [2.24, 2.45) is 5.92 Å². The van der Waals surface area contributed by atoms with Crippen molar-refractivity contribution >= 4 is 11.6 Å². The highest BCUT2D eigenvalue weighted by molar-refractivity contribution is 5.49. The second-order valence-electron chi connectivity index (χ2n) is 6.23. The van der Waals surface area contributed by atoms with Crippen LogP contribution in [0.4, 0.5) is 11.6 Å². The van der Waals surface area contributed by atoms with Crippen molar-refractivity contribution in [1.82, 2.24) is 9.97 Å². The molecule has 0 amide bonds. The number of aliphatic hydroxyl groups excluding tert-OH is 1. The molecule has 1 atom stereocenters. The summed E-state index contributed by atoms with van der Waals surface area (Å²) in [5.74, 6) is 2.58. The van der Waals surface area contributed by atoms with Crippen LogP contribution in [0.25, 0.3) is 0 Å². The van der Waals surface area contributed by atoms with Crippen LogP contribution >= 0.6 is 0 Å². The van der Waals surface area contributed by atoms with Crippen LogP contribution in [0.3, 0.4) is 0 Å². The van der Waals surface area contributed by atoms with Crippen molar-refractivity contribution in [1.29, 1.82) is 0 Å². The number of aliphatic hydroxyl groups is 1. The van der Waals surface area contributed by atoms with Gasteiger partial charge in [0.05, 0.1) is 12.6 Å². The number of nitrogens with one attached hydrogen (secondary N) is 1. The number of hydrogen-bond donors (Lipinski definition) is 2. The predicted octanol–water partition coefficient (Wildman–Crippen LogP) is 1.67. The van der Waals surface area contributed by atoms with E-state index in [1.165, 1.54) is 12.8 Å². The van der Waals surface area contributed by atoms with E-state index >= 15 is 0 Å². The van der Waals surface area contributed by atoms with Crippen LogP contribution in [-0.4, -0.2) is 54.0 Å². The smallest absolute Gasteiger partial charge is 0.134 e. The summed E-state index contributed by atoms with van der Waals surface area (Å²) in [5, 5.41) is 12.7. The summed E-state index contributed by atoms with van der Waals surface area (Å²) in [7, 11) is 0. The van der Waals surface area contributed by atoms with E-state index in [2.05, 4.69) is 20.2 Å². The van der Waals surface area contributed by atoms with Gasteiger partial charge in [-0.05, 0) is 38.0 Å². The van der Waals surface area contributed by atoms with Gasteiger partial charge in [-0.3, -0.25) is 0 Å². The van der Waals surface area contributed by atoms with Gasteiger partial charge in [0.25, 0.3) is 0 Å². The van der Waals surface area contributed by atoms with Crippen molar-refractivity contribution in [2.45, 2.75) is 38.1 Å². The van der Waals surface area contributed by atoms with Gasteiger partial charge in [0.1, 0.15) is 18.0 Å². The van der Waals surface area contributed by atoms with E-state index in [-0.39, 0.29) is 12.6 Å². The summed E-state index contributed by atoms with van der Waals surface area (Å²) in [6, 6.07) is 2.16. The van der Waals surface area contributed by atoms with Crippen LogP contribution in [0.15, 0.2) is 12.4 Å². The summed E-state index contributed by atoms with van der Waals surface area (Å²) in [5.41, 5.74) is 0. The van der Waals surface area contributed by atoms with E-state index in [1.54, 1.807) is 6.33 Å². The van der Waals surface area contributed by atoms with Gasteiger partial charge in [-0.15, -0.1) is 0 Å². The second-order valence-corrected chi connectivity index (χ2v) is 6.23. The van der Waals surface area contributed by atoms with Crippen LogP contribution in [0.2, 0.25) is 0 Å². The molecule has 0 spiro atoms. The van der Waals surface area contributed by atoms with Crippen LogP contribution in [0, 0.1) is 5.92 Å². The van der Waals surface area contributed by atoms with Gasteiger partial charge in [-0.1, -0.05) is 0 Å². The molecule has 1 aromatic heterocycles. The fourth-order valence-corrected chi connectivity index (χ4v) is 2.85. The van der Waals surface area contributed by atoms with Gasteiger partial charge in [0.15, 0.2) is 0 Å². The summed E-state index contributed by atoms with van der Waals surface area (Å²) in [4.78, 5) is 10.8. The van der Waals surface area contributed by atoms with Gasteiger partial charge >= 0.3 is 0 Å². The molecule has 3 rings (SSSR count). The van der Waals surface area contributed by atoms with Gasteiger partial charge in [0, 0.05) is 32.4 Å². The van der Waals surface area contributed by atoms with Crippen molar-refractivity contribution in [2.75, 3.05) is 43.1 Å². The van der Waals surface area contributed by atoms with Crippen LogP contribution < -0.4 is 10.2 Å². The Morgan fingerprint density at radius 3 is 3.05 bits per heavy atom. The first kappa shape index (κ1) is 15.5. The molecular weight excluding hydrogens is 280 g/mol. The maximum atomic E-state index is 9.42. The highest BCUT2D eigenvalue weighted by atomic mass is 16.5. The minimum absolute atomic E-state index is 0.186. The normalized spacial score (nSPS) is 21.3. The highest BCUT2D eigenvalue weighted by Gasteiger charge is 2.25. The lowest BCUT2D eigenvalue weighted by Gasteiger charge is -2.24. The molecule has 6 nitrogen and oxygen atoms in total. The fourth-order valence-electron chi connectivity index (χ4n) is 2.85. The standard InChI is InChI=1S/C16H26N4O2/c21-10-14-3-1-7-20(14)16-9-15(18-12-19-16)17-6-2-8-22-11-13-4-5-13/h9,12-14,21H,1-8,10-11H2,(H,17,18,19). The van der Waals surface area contributed by atoms with Gasteiger partial charge in [-0.25, -0.2) is 9.97 Å². The Morgan fingerprint density at radius 1 is 1.32 bits per heavy atom. The Labute approximate surface area is 131 Å². The molecule has 1 aliphatic heterocycles. The molecule has 0 bridgehead atoms. The van der Waals surface area contributed by atoms with Crippen molar-refractivity contribution in [3.63, 3.8) is 0 Å². The van der Waals surface area contributed by atoms with Crippen LogP contribution in [0.1, 0.15) is 32.1 Å². The zero-order valence-electron chi connectivity index (χ0n) is 13.1. The number of rotatable bonds is 9. The maximum absolute atomic E-state index is 9.42. The average Bonchev–Trinajstić information content (AvgIpc) is 3.25. The molecule has 0 radical (unpaired) electrons. The summed E-state index contributed by atoms with van der Waals surface area (Å²) < 4.78 is 5.62. The van der Waals surface area contributed by atoms with Crippen LogP contribution in [0.5, 0.6) is 0 Å². The zero-order valence-corrected chi connectivity index (χ0v) is 13.1. The lowest BCUT2D eigenvalue weighted by molar-refractivity contribution is 0.124. The monoisotopic (exact) mass is 306 g/mol. The third kappa shape index (κ3) is 4.30. The van der Waals surface area contributed by atoms with E-state index in [0.29, 0.717) is 0 Å². The first-order valence-corrected chi connectivity index (χ1v) is 8.38. The molecule has 122 valence electrons. The highest BCUT2D eigenvalue weighted by Crippen LogP contribution is 2.28. The Bertz CT molecular complexity index is 467. The molecule has 2 heterocycles. The first-order chi connectivity index (χ1) is 10.9. The third-order valence-electron chi connectivity index (χ3n) is 4.36. The number of hydrogen-bond acceptors (Lipinski definition) is 6. The summed E-state index contributed by atoms with van der Waals surface area (Å²) >= 11 is 0. The quantitative estimate of drug-likeness (QED) is 0.676. The largest absolute Gasteiger partial charge is 0.394 e. The molecule has 0 aromatic carbocycles. The summed E-state index contributed by atoms with van der Waals surface area (Å²) in [6.07, 6.45) is 7.39. The molecule has 1 saturated heterocycles. The third-order valence-corrected chi connectivity index (χ3v) is 4.36. The SMILES string of the molecule is OCC1CCCN1c1cc(NCCCOCC2CC2)ncn1. The summed E-state index contributed by atoms with van der Waals surface area (Å²) in [6.45, 7) is 3.72. The van der Waals surface area contributed by atoms with Gasteiger partial charge in [-0.2, -0.15) is 0 Å². The molecule has 1 saturated carbocycles. The minimum Gasteiger partial charge on any atom is -0.394 e. The van der Waals surface area contributed by atoms with Gasteiger partial charge in [0.2, 0.25) is 0 Å². The topological polar surface area (TPSA) is 70.5 Å². The number of aromatic nitrogens is 2. The Kier molecular flexibility index (Phi) is 5.45. The molecule has 2 fully saturated rings. The van der Waals surface area contributed by atoms with Crippen molar-refractivity contribution in [3.05, 3.63) is 12.4 Å². The predicted molar refractivity (Wildman–Crippen MR) is 86.1 cm³/mol. The molecule has 2 aliphatic rings. The lowest BCUT2D eigenvalue weighted by Crippen LogP contribution is -2.32. The van der Waals surface area contributed by atoms with E-state index < -0.39 is 0 Å². The van der Waals surface area contributed by atoms with Gasteiger partial charge < -0.3 is 20.1 Å².